The number of rotatable bonds is 2. The van der Waals surface area contributed by atoms with Crippen LogP contribution in [0.5, 0.6) is 0 Å². The molecule has 2 aromatic rings. The molecule has 5 heteroatoms. The molecular weight excluding hydrogens is 208 g/mol. The van der Waals surface area contributed by atoms with Gasteiger partial charge in [-0.25, -0.2) is 9.67 Å². The molecule has 1 aliphatic carbocycles. The standard InChI is InChI=1S/C10H12N4S/c1-14-10(7-4-5-15-8(7)11)12-9(13-14)6-2-3-6/h4-6H,2-3,11H2,1H3. The molecule has 0 bridgehead atoms. The highest BCUT2D eigenvalue weighted by Gasteiger charge is 2.29. The van der Waals surface area contributed by atoms with Gasteiger partial charge in [-0.15, -0.1) is 11.3 Å². The van der Waals surface area contributed by atoms with Crippen LogP contribution in [-0.2, 0) is 7.05 Å². The number of nitrogens with zero attached hydrogens (tertiary/aromatic N) is 3. The molecule has 2 heterocycles. The first kappa shape index (κ1) is 8.91. The minimum atomic E-state index is 0.588. The second-order valence-electron chi connectivity index (χ2n) is 3.89. The highest BCUT2D eigenvalue weighted by molar-refractivity contribution is 7.14. The summed E-state index contributed by atoms with van der Waals surface area (Å²) in [5.74, 6) is 2.44. The highest BCUT2D eigenvalue weighted by atomic mass is 32.1. The first-order valence-corrected chi connectivity index (χ1v) is 5.88. The predicted molar refractivity (Wildman–Crippen MR) is 60.7 cm³/mol. The minimum absolute atomic E-state index is 0.588. The van der Waals surface area contributed by atoms with Crippen LogP contribution in [0.4, 0.5) is 5.00 Å². The van der Waals surface area contributed by atoms with Gasteiger partial charge in [-0.3, -0.25) is 0 Å². The number of nitrogens with two attached hydrogens (primary N) is 1. The van der Waals surface area contributed by atoms with E-state index in [0.717, 1.165) is 22.2 Å². The second-order valence-corrected chi connectivity index (χ2v) is 4.84. The normalized spacial score (nSPS) is 15.8. The fourth-order valence-corrected chi connectivity index (χ4v) is 2.30. The van der Waals surface area contributed by atoms with Gasteiger partial charge in [-0.05, 0) is 24.3 Å². The molecule has 15 heavy (non-hydrogen) atoms. The van der Waals surface area contributed by atoms with Gasteiger partial charge in [0.05, 0.1) is 10.6 Å². The van der Waals surface area contributed by atoms with Crippen molar-refractivity contribution < 1.29 is 0 Å². The first-order chi connectivity index (χ1) is 7.25. The van der Waals surface area contributed by atoms with Crippen molar-refractivity contribution in [3.8, 4) is 11.4 Å². The Labute approximate surface area is 91.7 Å². The van der Waals surface area contributed by atoms with E-state index in [1.165, 1.54) is 24.2 Å². The van der Waals surface area contributed by atoms with Crippen LogP contribution < -0.4 is 5.73 Å². The SMILES string of the molecule is Cn1nc(C2CC2)nc1-c1ccsc1N. The van der Waals surface area contributed by atoms with Gasteiger partial charge in [0.1, 0.15) is 0 Å². The fraction of sp³-hybridized carbons (Fsp3) is 0.400. The third-order valence-corrected chi connectivity index (χ3v) is 3.40. The predicted octanol–water partition coefficient (Wildman–Crippen LogP) is 2.00. The minimum Gasteiger partial charge on any atom is -0.390 e. The molecule has 0 saturated heterocycles. The van der Waals surface area contributed by atoms with Crippen molar-refractivity contribution in [1.29, 1.82) is 0 Å². The van der Waals surface area contributed by atoms with Gasteiger partial charge in [0, 0.05) is 13.0 Å². The summed E-state index contributed by atoms with van der Waals surface area (Å²) in [5.41, 5.74) is 6.88. The summed E-state index contributed by atoms with van der Waals surface area (Å²) in [6.07, 6.45) is 2.45. The van der Waals surface area contributed by atoms with E-state index in [0.29, 0.717) is 5.92 Å². The number of aromatic nitrogens is 3. The molecule has 4 nitrogen and oxygen atoms in total. The maximum absolute atomic E-state index is 5.88. The zero-order valence-corrected chi connectivity index (χ0v) is 9.29. The topological polar surface area (TPSA) is 56.7 Å². The lowest BCUT2D eigenvalue weighted by molar-refractivity contribution is 0.750. The molecule has 0 spiro atoms. The molecule has 2 aromatic heterocycles. The number of anilines is 1. The van der Waals surface area contributed by atoms with Gasteiger partial charge in [-0.2, -0.15) is 5.10 Å². The Hall–Kier alpha value is -1.36. The number of aryl methyl sites for hydroxylation is 1. The van der Waals surface area contributed by atoms with Crippen molar-refractivity contribution in [3.05, 3.63) is 17.3 Å². The van der Waals surface area contributed by atoms with Crippen molar-refractivity contribution in [3.63, 3.8) is 0 Å². The first-order valence-electron chi connectivity index (χ1n) is 5.00. The van der Waals surface area contributed by atoms with E-state index in [1.807, 2.05) is 23.2 Å². The summed E-state index contributed by atoms with van der Waals surface area (Å²) in [5, 5.41) is 7.22. The third-order valence-electron chi connectivity index (χ3n) is 2.66. The van der Waals surface area contributed by atoms with Crippen molar-refractivity contribution in [2.45, 2.75) is 18.8 Å². The molecular formula is C10H12N4S. The lowest BCUT2D eigenvalue weighted by Crippen LogP contribution is -1.95. The Morgan fingerprint density at radius 3 is 2.93 bits per heavy atom. The fourth-order valence-electron chi connectivity index (χ4n) is 1.66. The van der Waals surface area contributed by atoms with Crippen molar-refractivity contribution >= 4 is 16.3 Å². The van der Waals surface area contributed by atoms with Gasteiger partial charge >= 0.3 is 0 Å². The largest absolute Gasteiger partial charge is 0.390 e. The number of hydrogen-bond acceptors (Lipinski definition) is 4. The van der Waals surface area contributed by atoms with Gasteiger partial charge in [0.25, 0.3) is 0 Å². The van der Waals surface area contributed by atoms with Crippen LogP contribution in [0.1, 0.15) is 24.6 Å². The van der Waals surface area contributed by atoms with Crippen molar-refractivity contribution in [2.75, 3.05) is 5.73 Å². The molecule has 3 rings (SSSR count). The second kappa shape index (κ2) is 3.06. The van der Waals surface area contributed by atoms with E-state index in [2.05, 4.69) is 10.1 Å². The molecule has 1 saturated carbocycles. The maximum atomic E-state index is 5.88. The van der Waals surface area contributed by atoms with Crippen molar-refractivity contribution in [2.24, 2.45) is 7.05 Å². The Bertz CT molecular complexity index is 495. The Balaban J connectivity index is 2.07. The quantitative estimate of drug-likeness (QED) is 0.842. The Morgan fingerprint density at radius 1 is 1.53 bits per heavy atom. The summed E-state index contributed by atoms with van der Waals surface area (Å²) in [7, 11) is 1.92. The molecule has 1 fully saturated rings. The van der Waals surface area contributed by atoms with E-state index in [-0.39, 0.29) is 0 Å². The average molecular weight is 220 g/mol. The number of thiophene rings is 1. The van der Waals surface area contributed by atoms with Crippen LogP contribution in [-0.4, -0.2) is 14.8 Å². The van der Waals surface area contributed by atoms with E-state index in [9.17, 15) is 0 Å². The molecule has 2 N–H and O–H groups in total. The number of hydrogen-bond donors (Lipinski definition) is 1. The van der Waals surface area contributed by atoms with Crippen LogP contribution in [0.3, 0.4) is 0 Å². The van der Waals surface area contributed by atoms with Crippen LogP contribution in [0.2, 0.25) is 0 Å². The average Bonchev–Trinajstić information content (AvgIpc) is 2.87. The molecule has 0 unspecified atom stereocenters. The monoisotopic (exact) mass is 220 g/mol. The van der Waals surface area contributed by atoms with Gasteiger partial charge in [0.2, 0.25) is 0 Å². The lowest BCUT2D eigenvalue weighted by atomic mass is 10.3. The van der Waals surface area contributed by atoms with Crippen LogP contribution in [0.25, 0.3) is 11.4 Å². The summed E-state index contributed by atoms with van der Waals surface area (Å²) >= 11 is 1.54. The molecule has 0 aromatic carbocycles. The Morgan fingerprint density at radius 2 is 2.33 bits per heavy atom. The van der Waals surface area contributed by atoms with Gasteiger partial charge < -0.3 is 5.73 Å². The van der Waals surface area contributed by atoms with Crippen LogP contribution >= 0.6 is 11.3 Å². The summed E-state index contributed by atoms with van der Waals surface area (Å²) in [6.45, 7) is 0. The van der Waals surface area contributed by atoms with Gasteiger partial charge in [-0.1, -0.05) is 0 Å². The lowest BCUT2D eigenvalue weighted by Gasteiger charge is -1.96. The Kier molecular flexibility index (Phi) is 1.82. The van der Waals surface area contributed by atoms with E-state index in [1.54, 1.807) is 0 Å². The zero-order valence-electron chi connectivity index (χ0n) is 8.47. The molecule has 0 radical (unpaired) electrons. The molecule has 0 amide bonds. The molecule has 1 aliphatic rings. The smallest absolute Gasteiger partial charge is 0.161 e. The van der Waals surface area contributed by atoms with Crippen LogP contribution in [0.15, 0.2) is 11.4 Å². The summed E-state index contributed by atoms with van der Waals surface area (Å²) in [6, 6.07) is 2.00. The molecule has 0 aliphatic heterocycles. The maximum Gasteiger partial charge on any atom is 0.161 e. The summed E-state index contributed by atoms with van der Waals surface area (Å²) < 4.78 is 1.83. The molecule has 0 atom stereocenters. The molecule has 78 valence electrons. The van der Waals surface area contributed by atoms with Gasteiger partial charge in [0.15, 0.2) is 11.6 Å². The third kappa shape index (κ3) is 1.43. The van der Waals surface area contributed by atoms with Crippen molar-refractivity contribution in [1.82, 2.24) is 14.8 Å². The van der Waals surface area contributed by atoms with E-state index < -0.39 is 0 Å². The van der Waals surface area contributed by atoms with Crippen LogP contribution in [0, 0.1) is 0 Å². The summed E-state index contributed by atoms with van der Waals surface area (Å²) in [4.78, 5) is 4.55. The van der Waals surface area contributed by atoms with E-state index >= 15 is 0 Å². The van der Waals surface area contributed by atoms with E-state index in [4.69, 9.17) is 5.73 Å². The zero-order chi connectivity index (χ0) is 10.4. The highest BCUT2D eigenvalue weighted by Crippen LogP contribution is 2.39. The number of nitrogen functional groups attached to an aromatic ring is 1.